The average Bonchev–Trinajstić information content (AvgIpc) is 2.45. The molecule has 0 radical (unpaired) electrons. The lowest BCUT2D eigenvalue weighted by Gasteiger charge is -2.39. The third kappa shape index (κ3) is 3.84. The summed E-state index contributed by atoms with van der Waals surface area (Å²) in [5.74, 6) is 0.193. The molecule has 1 aliphatic heterocycles. The van der Waals surface area contributed by atoms with Gasteiger partial charge in [0.2, 0.25) is 5.91 Å². The van der Waals surface area contributed by atoms with Gasteiger partial charge in [0, 0.05) is 23.3 Å². The van der Waals surface area contributed by atoms with E-state index in [1.54, 1.807) is 19.1 Å². The summed E-state index contributed by atoms with van der Waals surface area (Å²) in [5.41, 5.74) is 1.55. The number of rotatable bonds is 4. The van der Waals surface area contributed by atoms with Crippen molar-refractivity contribution < 1.29 is 9.59 Å². The van der Waals surface area contributed by atoms with Crippen molar-refractivity contribution in [3.05, 3.63) is 29.8 Å². The molecule has 1 fully saturated rings. The molecular weight excluding hydrogens is 264 g/mol. The topological polar surface area (TPSA) is 49.4 Å². The molecule has 1 heterocycles. The quantitative estimate of drug-likeness (QED) is 0.866. The maximum atomic E-state index is 12.4. The first-order chi connectivity index (χ1) is 9.99. The summed E-state index contributed by atoms with van der Waals surface area (Å²) in [5, 5.41) is 3.15. The first-order valence-corrected chi connectivity index (χ1v) is 7.65. The number of likely N-dealkylation sites (tertiary alicyclic amines) is 1. The SMILES string of the molecule is CC(=O)c1ccc(NCC(=O)N2[C@@H](C)CCC[C@@H]2C)cc1. The lowest BCUT2D eigenvalue weighted by atomic mass is 9.97. The van der Waals surface area contributed by atoms with Gasteiger partial charge < -0.3 is 10.2 Å². The van der Waals surface area contributed by atoms with Crippen molar-refractivity contribution in [2.75, 3.05) is 11.9 Å². The Kier molecular flexibility index (Phi) is 4.99. The van der Waals surface area contributed by atoms with Crippen LogP contribution in [0.3, 0.4) is 0 Å². The number of nitrogens with zero attached hydrogens (tertiary/aromatic N) is 1. The molecule has 2 rings (SSSR count). The van der Waals surface area contributed by atoms with Gasteiger partial charge >= 0.3 is 0 Å². The minimum absolute atomic E-state index is 0.0496. The highest BCUT2D eigenvalue weighted by Crippen LogP contribution is 2.22. The van der Waals surface area contributed by atoms with Crippen molar-refractivity contribution in [1.29, 1.82) is 0 Å². The van der Waals surface area contributed by atoms with E-state index in [0.29, 0.717) is 24.2 Å². The van der Waals surface area contributed by atoms with Gasteiger partial charge in [-0.3, -0.25) is 9.59 Å². The second kappa shape index (κ2) is 6.74. The van der Waals surface area contributed by atoms with Crippen LogP contribution in [0.5, 0.6) is 0 Å². The van der Waals surface area contributed by atoms with E-state index in [-0.39, 0.29) is 11.7 Å². The maximum absolute atomic E-state index is 12.4. The normalized spacial score (nSPS) is 22.0. The number of amides is 1. The van der Waals surface area contributed by atoms with E-state index in [1.165, 1.54) is 6.42 Å². The Labute approximate surface area is 126 Å². The fraction of sp³-hybridized carbons (Fsp3) is 0.529. The van der Waals surface area contributed by atoms with Crippen LogP contribution in [0.2, 0.25) is 0 Å². The van der Waals surface area contributed by atoms with Gasteiger partial charge in [0.25, 0.3) is 0 Å². The highest BCUT2D eigenvalue weighted by molar-refractivity contribution is 5.94. The summed E-state index contributed by atoms with van der Waals surface area (Å²) in [6, 6.07) is 7.88. The summed E-state index contributed by atoms with van der Waals surface area (Å²) in [6.45, 7) is 6.09. The van der Waals surface area contributed by atoms with Crippen LogP contribution < -0.4 is 5.32 Å². The van der Waals surface area contributed by atoms with E-state index in [9.17, 15) is 9.59 Å². The van der Waals surface area contributed by atoms with Crippen LogP contribution in [0.25, 0.3) is 0 Å². The van der Waals surface area contributed by atoms with Crippen LogP contribution in [0.15, 0.2) is 24.3 Å². The van der Waals surface area contributed by atoms with Gasteiger partial charge in [-0.25, -0.2) is 0 Å². The summed E-state index contributed by atoms with van der Waals surface area (Å²) in [6.07, 6.45) is 3.37. The number of ketones is 1. The fourth-order valence-electron chi connectivity index (χ4n) is 3.00. The Morgan fingerprint density at radius 3 is 2.24 bits per heavy atom. The Bertz CT molecular complexity index is 500. The van der Waals surface area contributed by atoms with Crippen molar-refractivity contribution >= 4 is 17.4 Å². The van der Waals surface area contributed by atoms with Gasteiger partial charge in [0.05, 0.1) is 6.54 Å². The fourth-order valence-corrected chi connectivity index (χ4v) is 3.00. The molecule has 114 valence electrons. The number of Topliss-reactive ketones (excluding diaryl/α,β-unsaturated/α-hetero) is 1. The van der Waals surface area contributed by atoms with Crippen molar-refractivity contribution in [1.82, 2.24) is 4.90 Å². The van der Waals surface area contributed by atoms with Gasteiger partial charge in [0.1, 0.15) is 0 Å². The molecule has 0 saturated carbocycles. The Morgan fingerprint density at radius 1 is 1.14 bits per heavy atom. The number of nitrogens with one attached hydrogen (secondary N) is 1. The molecule has 4 nitrogen and oxygen atoms in total. The zero-order chi connectivity index (χ0) is 15.4. The van der Waals surface area contributed by atoms with Crippen LogP contribution in [0.1, 0.15) is 50.4 Å². The molecule has 1 N–H and O–H groups in total. The summed E-state index contributed by atoms with van der Waals surface area (Å²) in [7, 11) is 0. The number of carbonyl (C=O) groups excluding carboxylic acids is 2. The predicted molar refractivity (Wildman–Crippen MR) is 84.6 cm³/mol. The number of carbonyl (C=O) groups is 2. The average molecular weight is 288 g/mol. The molecule has 1 amide bonds. The van der Waals surface area contributed by atoms with Crippen LogP contribution in [-0.4, -0.2) is 35.2 Å². The highest BCUT2D eigenvalue weighted by Gasteiger charge is 2.28. The van der Waals surface area contributed by atoms with E-state index >= 15 is 0 Å². The molecule has 1 aromatic rings. The van der Waals surface area contributed by atoms with Crippen LogP contribution in [0.4, 0.5) is 5.69 Å². The van der Waals surface area contributed by atoms with Crippen molar-refractivity contribution in [2.24, 2.45) is 0 Å². The number of hydrogen-bond donors (Lipinski definition) is 1. The van der Waals surface area contributed by atoms with Crippen molar-refractivity contribution in [3.63, 3.8) is 0 Å². The standard InChI is InChI=1S/C17H24N2O2/c1-12-5-4-6-13(2)19(12)17(21)11-18-16-9-7-15(8-10-16)14(3)20/h7-10,12-13,18H,4-6,11H2,1-3H3/t12-,13-/m0/s1. The summed E-state index contributed by atoms with van der Waals surface area (Å²) < 4.78 is 0. The molecule has 0 aromatic heterocycles. The molecule has 0 spiro atoms. The molecule has 1 aliphatic rings. The van der Waals surface area contributed by atoms with Gasteiger partial charge in [-0.05, 0) is 64.3 Å². The third-order valence-electron chi connectivity index (χ3n) is 4.22. The first-order valence-electron chi connectivity index (χ1n) is 7.65. The molecule has 1 aromatic carbocycles. The molecule has 0 unspecified atom stereocenters. The Balaban J connectivity index is 1.92. The lowest BCUT2D eigenvalue weighted by Crippen LogP contribution is -2.49. The summed E-state index contributed by atoms with van der Waals surface area (Å²) in [4.78, 5) is 25.6. The lowest BCUT2D eigenvalue weighted by molar-refractivity contribution is -0.135. The minimum Gasteiger partial charge on any atom is -0.376 e. The molecule has 1 saturated heterocycles. The second-order valence-corrected chi connectivity index (χ2v) is 5.92. The maximum Gasteiger partial charge on any atom is 0.242 e. The van der Waals surface area contributed by atoms with E-state index < -0.39 is 0 Å². The number of benzene rings is 1. The molecule has 0 bridgehead atoms. The van der Waals surface area contributed by atoms with Crippen LogP contribution in [-0.2, 0) is 4.79 Å². The predicted octanol–water partition coefficient (Wildman–Crippen LogP) is 3.09. The molecule has 2 atom stereocenters. The largest absolute Gasteiger partial charge is 0.376 e. The Hall–Kier alpha value is -1.84. The zero-order valence-electron chi connectivity index (χ0n) is 13.1. The van der Waals surface area contributed by atoms with Gasteiger partial charge in [-0.2, -0.15) is 0 Å². The molecular formula is C17H24N2O2. The van der Waals surface area contributed by atoms with Crippen LogP contribution >= 0.6 is 0 Å². The van der Waals surface area contributed by atoms with E-state index in [2.05, 4.69) is 19.2 Å². The van der Waals surface area contributed by atoms with Gasteiger partial charge in [-0.1, -0.05) is 0 Å². The third-order valence-corrected chi connectivity index (χ3v) is 4.22. The van der Waals surface area contributed by atoms with Crippen molar-refractivity contribution in [3.8, 4) is 0 Å². The number of hydrogen-bond acceptors (Lipinski definition) is 3. The van der Waals surface area contributed by atoms with Gasteiger partial charge in [0.15, 0.2) is 5.78 Å². The zero-order valence-corrected chi connectivity index (χ0v) is 13.1. The molecule has 21 heavy (non-hydrogen) atoms. The monoisotopic (exact) mass is 288 g/mol. The number of piperidine rings is 1. The first kappa shape index (κ1) is 15.5. The van der Waals surface area contributed by atoms with Crippen LogP contribution in [0, 0.1) is 0 Å². The van der Waals surface area contributed by atoms with E-state index in [4.69, 9.17) is 0 Å². The second-order valence-electron chi connectivity index (χ2n) is 5.92. The molecule has 0 aliphatic carbocycles. The highest BCUT2D eigenvalue weighted by atomic mass is 16.2. The smallest absolute Gasteiger partial charge is 0.242 e. The number of anilines is 1. The molecule has 4 heteroatoms. The Morgan fingerprint density at radius 2 is 1.71 bits per heavy atom. The van der Waals surface area contributed by atoms with Gasteiger partial charge in [-0.15, -0.1) is 0 Å². The van der Waals surface area contributed by atoms with Crippen molar-refractivity contribution in [2.45, 2.75) is 52.1 Å². The minimum atomic E-state index is 0.0496. The van der Waals surface area contributed by atoms with E-state index in [0.717, 1.165) is 18.5 Å². The summed E-state index contributed by atoms with van der Waals surface area (Å²) >= 11 is 0. The van der Waals surface area contributed by atoms with E-state index in [1.807, 2.05) is 17.0 Å².